The summed E-state index contributed by atoms with van der Waals surface area (Å²) in [5.74, 6) is 0. The van der Waals surface area contributed by atoms with E-state index in [1.807, 2.05) is 0 Å². The fourth-order valence-electron chi connectivity index (χ4n) is 5.65. The van der Waals surface area contributed by atoms with Crippen LogP contribution in [0, 0.1) is 17.5 Å². The molecule has 0 amide bonds. The fraction of sp³-hybridized carbons (Fsp3) is 0.486. The maximum absolute atomic E-state index is 4.81. The van der Waals surface area contributed by atoms with Crippen LogP contribution in [0.4, 0.5) is 0 Å². The Morgan fingerprint density at radius 2 is 0.930 bits per heavy atom. The van der Waals surface area contributed by atoms with E-state index in [1.165, 1.54) is 67.5 Å². The predicted molar refractivity (Wildman–Crippen MR) is 188 cm³/mol. The van der Waals surface area contributed by atoms with Gasteiger partial charge in [0.1, 0.15) is 6.67 Å². The van der Waals surface area contributed by atoms with Gasteiger partial charge in [0.2, 0.25) is 0 Å². The van der Waals surface area contributed by atoms with Gasteiger partial charge in [-0.2, -0.15) is 0 Å². The molecule has 2 radical (unpaired) electrons. The fourth-order valence-corrected chi connectivity index (χ4v) is 7.96. The molecule has 0 N–H and O–H groups in total. The van der Waals surface area contributed by atoms with Crippen molar-refractivity contribution in [3.63, 3.8) is 0 Å². The van der Waals surface area contributed by atoms with Crippen molar-refractivity contribution in [2.45, 2.75) is 92.2 Å². The van der Waals surface area contributed by atoms with Gasteiger partial charge < -0.3 is 0 Å². The maximum atomic E-state index is 4.81. The maximum Gasteiger partial charge on any atom is -0.0134 e. The summed E-state index contributed by atoms with van der Waals surface area (Å²) in [7, 11) is 9.18. The topological polar surface area (TPSA) is 6.48 Å². The monoisotopic (exact) mass is 730 g/mol. The average molecular weight is 732 g/mol. The molecule has 0 bridgehead atoms. The van der Waals surface area contributed by atoms with Crippen molar-refractivity contribution in [3.05, 3.63) is 97.7 Å². The zero-order valence-corrected chi connectivity index (χ0v) is 30.8. The summed E-state index contributed by atoms with van der Waals surface area (Å²) in [5, 5.41) is 4.19. The molecule has 5 rings (SSSR count). The van der Waals surface area contributed by atoms with E-state index in [4.69, 9.17) is 19.1 Å². The molecule has 0 spiro atoms. The Bertz CT molecular complexity index is 1030. The molecule has 1 aliphatic heterocycles. The molecule has 1 saturated carbocycles. The number of halogens is 2. The SMILES string of the molecule is CC(C)(C)CCN1[C]N(CCC(C)(C)C)[C@H]2CCCC[C@@H]21.[Cl][Pd][Cl].c1ccc(P(c2ccccc2)c2ccccc2)cc1. The molecule has 238 valence electrons. The first-order valence-corrected chi connectivity index (χ1v) is 20.9. The zero-order valence-electron chi connectivity index (χ0n) is 26.9. The van der Waals surface area contributed by atoms with Gasteiger partial charge in [0, 0.05) is 25.2 Å². The first kappa shape index (κ1) is 36.7. The molecule has 2 fully saturated rings. The molecule has 2 nitrogen and oxygen atoms in total. The predicted octanol–water partition coefficient (Wildman–Crippen LogP) is 9.61. The third-order valence-electron chi connectivity index (χ3n) is 8.00. The van der Waals surface area contributed by atoms with E-state index in [0.29, 0.717) is 10.8 Å². The van der Waals surface area contributed by atoms with Crippen molar-refractivity contribution in [1.29, 1.82) is 0 Å². The number of benzene rings is 3. The summed E-state index contributed by atoms with van der Waals surface area (Å²) in [6.07, 6.45) is 8.07. The molecule has 0 unspecified atom stereocenters. The zero-order chi connectivity index (χ0) is 31.3. The van der Waals surface area contributed by atoms with E-state index < -0.39 is 7.92 Å². The van der Waals surface area contributed by atoms with E-state index in [9.17, 15) is 0 Å². The van der Waals surface area contributed by atoms with E-state index in [2.05, 4.69) is 149 Å². The molecule has 2 aliphatic rings. The van der Waals surface area contributed by atoms with Gasteiger partial charge in [-0.1, -0.05) is 145 Å². The molecule has 1 saturated heterocycles. The standard InChI is InChI=1S/C19H36N2.C18H15P.2ClH.Pd/c1-18(2,3)11-13-20-15-21(14-12-19(4,5)6)17-10-8-7-9-16(17)20;1-4-10-16(11-5-1)19(17-12-6-2-7-13-17)18-14-8-3-9-15-18;;;/h16-17H,7-14H2,1-6H3;1-15H;2*1H;/q;;;;+2/p-2/t16-,17-;;;;/m0..../s1. The summed E-state index contributed by atoms with van der Waals surface area (Å²) in [6, 6.07) is 33.8. The van der Waals surface area contributed by atoms with Crippen LogP contribution < -0.4 is 15.9 Å². The third-order valence-corrected chi connectivity index (χ3v) is 10.4. The number of hydrogen-bond acceptors (Lipinski definition) is 2. The van der Waals surface area contributed by atoms with Gasteiger partial charge in [-0.15, -0.1) is 0 Å². The minimum Gasteiger partial charge on any atom is -0.0622 e. The van der Waals surface area contributed by atoms with Crippen molar-refractivity contribution < 1.29 is 15.9 Å². The van der Waals surface area contributed by atoms with Crippen LogP contribution in [0.25, 0.3) is 0 Å². The van der Waals surface area contributed by atoms with Gasteiger partial charge in [-0.3, -0.25) is 9.80 Å². The summed E-state index contributed by atoms with van der Waals surface area (Å²) < 4.78 is 0. The molecule has 3 aromatic rings. The van der Waals surface area contributed by atoms with Crippen LogP contribution in [0.15, 0.2) is 91.0 Å². The summed E-state index contributed by atoms with van der Waals surface area (Å²) in [6.45, 7) is 20.2. The average Bonchev–Trinajstić information content (AvgIpc) is 3.35. The second kappa shape index (κ2) is 18.4. The molecule has 0 aromatic heterocycles. The quantitative estimate of drug-likeness (QED) is 0.177. The molecule has 6 heteroatoms. The minimum atomic E-state index is -0.446. The summed E-state index contributed by atoms with van der Waals surface area (Å²) >= 11 is -0.106. The molecular formula is C37H51Cl2N2PPd. The third kappa shape index (κ3) is 12.9. The van der Waals surface area contributed by atoms with Gasteiger partial charge in [0.25, 0.3) is 0 Å². The Morgan fingerprint density at radius 1 is 0.628 bits per heavy atom. The van der Waals surface area contributed by atoms with E-state index in [0.717, 1.165) is 12.1 Å². The van der Waals surface area contributed by atoms with E-state index in [1.54, 1.807) is 0 Å². The van der Waals surface area contributed by atoms with Crippen LogP contribution in [-0.4, -0.2) is 35.0 Å². The Kier molecular flexibility index (Phi) is 15.7. The second-order valence-corrected chi connectivity index (χ2v) is 18.5. The van der Waals surface area contributed by atoms with Gasteiger partial charge in [0.15, 0.2) is 0 Å². The van der Waals surface area contributed by atoms with Crippen molar-refractivity contribution in [2.75, 3.05) is 13.1 Å². The Hall–Kier alpha value is -0.748. The largest absolute Gasteiger partial charge is 0.0622 e. The number of nitrogens with zero attached hydrogens (tertiary/aromatic N) is 2. The molecule has 1 aliphatic carbocycles. The Balaban J connectivity index is 0.000000217. The van der Waals surface area contributed by atoms with Crippen LogP contribution in [-0.2, 0) is 15.9 Å². The summed E-state index contributed by atoms with van der Waals surface area (Å²) in [5.41, 5.74) is 0.843. The Morgan fingerprint density at radius 3 is 1.21 bits per heavy atom. The van der Waals surface area contributed by atoms with E-state index in [-0.39, 0.29) is 15.9 Å². The molecule has 2 atom stereocenters. The Labute approximate surface area is 280 Å². The number of fused-ring (bicyclic) bond motifs is 1. The molecule has 3 aromatic carbocycles. The first-order chi connectivity index (χ1) is 20.5. The van der Waals surface area contributed by atoms with Crippen LogP contribution in [0.2, 0.25) is 0 Å². The number of hydrogen-bond donors (Lipinski definition) is 0. The molecular weight excluding hydrogens is 681 g/mol. The molecule has 43 heavy (non-hydrogen) atoms. The summed E-state index contributed by atoms with van der Waals surface area (Å²) in [4.78, 5) is 5.11. The van der Waals surface area contributed by atoms with E-state index >= 15 is 0 Å². The van der Waals surface area contributed by atoms with Gasteiger partial charge >= 0.3 is 35.0 Å². The number of rotatable bonds is 7. The van der Waals surface area contributed by atoms with Crippen LogP contribution in [0.3, 0.4) is 0 Å². The van der Waals surface area contributed by atoms with Crippen molar-refractivity contribution in [3.8, 4) is 0 Å². The van der Waals surface area contributed by atoms with Crippen LogP contribution in [0.1, 0.15) is 80.1 Å². The first-order valence-electron chi connectivity index (χ1n) is 15.6. The van der Waals surface area contributed by atoms with Crippen molar-refractivity contribution in [1.82, 2.24) is 9.80 Å². The smallest absolute Gasteiger partial charge is 0.0134 e. The normalized spacial score (nSPS) is 19.3. The van der Waals surface area contributed by atoms with Crippen LogP contribution >= 0.6 is 27.0 Å². The van der Waals surface area contributed by atoms with Gasteiger partial charge in [-0.25, -0.2) is 0 Å². The van der Waals surface area contributed by atoms with Gasteiger partial charge in [-0.05, 0) is 60.3 Å². The minimum absolute atomic E-state index is 0.106. The van der Waals surface area contributed by atoms with Crippen molar-refractivity contribution >= 4 is 42.9 Å². The molecule has 1 heterocycles. The second-order valence-electron chi connectivity index (χ2n) is 13.9. The van der Waals surface area contributed by atoms with Crippen molar-refractivity contribution in [2.24, 2.45) is 10.8 Å². The van der Waals surface area contributed by atoms with Crippen LogP contribution in [0.5, 0.6) is 0 Å². The van der Waals surface area contributed by atoms with Gasteiger partial charge in [0.05, 0.1) is 0 Å².